The number of hydrogen-bond acceptors (Lipinski definition) is 3. The second-order valence-corrected chi connectivity index (χ2v) is 7.48. The van der Waals surface area contributed by atoms with E-state index in [0.717, 1.165) is 24.0 Å². The van der Waals surface area contributed by atoms with Crippen molar-refractivity contribution in [3.05, 3.63) is 35.4 Å². The van der Waals surface area contributed by atoms with E-state index >= 15 is 0 Å². The van der Waals surface area contributed by atoms with Crippen molar-refractivity contribution in [1.82, 2.24) is 5.32 Å². The minimum atomic E-state index is -3.46. The van der Waals surface area contributed by atoms with Gasteiger partial charge in [-0.05, 0) is 37.8 Å². The predicted molar refractivity (Wildman–Crippen MR) is 74.4 cm³/mol. The molecule has 1 aliphatic rings. The molecular weight excluding hydrogens is 262 g/mol. The first kappa shape index (κ1) is 14.1. The van der Waals surface area contributed by atoms with Gasteiger partial charge in [-0.2, -0.15) is 0 Å². The summed E-state index contributed by atoms with van der Waals surface area (Å²) < 4.78 is 24.5. The Bertz CT molecular complexity index is 576. The first-order chi connectivity index (χ1) is 8.90. The Hall–Kier alpha value is -1.36. The molecule has 0 bridgehead atoms. The Balaban J connectivity index is 2.08. The number of sulfone groups is 1. The number of amides is 1. The Kier molecular flexibility index (Phi) is 3.94. The second-order valence-electron chi connectivity index (χ2n) is 5.16. The number of hydrogen-bond donors (Lipinski definition) is 1. The van der Waals surface area contributed by atoms with Crippen molar-refractivity contribution in [2.45, 2.75) is 43.7 Å². The second kappa shape index (κ2) is 5.33. The molecule has 1 N–H and O–H groups in total. The summed E-state index contributed by atoms with van der Waals surface area (Å²) in [6.07, 6.45) is 1.91. The van der Waals surface area contributed by atoms with Crippen LogP contribution in [-0.2, 0) is 20.4 Å². The fourth-order valence-electron chi connectivity index (χ4n) is 1.82. The average Bonchev–Trinajstić information content (AvgIpc) is 3.14. The highest BCUT2D eigenvalue weighted by Gasteiger charge is 2.32. The number of carbonyl (C=O) groups is 1. The summed E-state index contributed by atoms with van der Waals surface area (Å²) >= 11 is 0. The van der Waals surface area contributed by atoms with E-state index in [9.17, 15) is 13.2 Å². The zero-order valence-electron chi connectivity index (χ0n) is 11.2. The van der Waals surface area contributed by atoms with Crippen molar-refractivity contribution >= 4 is 15.7 Å². The molecule has 1 unspecified atom stereocenters. The molecule has 104 valence electrons. The van der Waals surface area contributed by atoms with Crippen LogP contribution in [0.4, 0.5) is 0 Å². The van der Waals surface area contributed by atoms with Crippen molar-refractivity contribution in [3.63, 3.8) is 0 Å². The van der Waals surface area contributed by atoms with Gasteiger partial charge in [-0.15, -0.1) is 0 Å². The summed E-state index contributed by atoms with van der Waals surface area (Å²) in [7, 11) is -3.46. The molecule has 5 heteroatoms. The van der Waals surface area contributed by atoms with Crippen LogP contribution in [-0.4, -0.2) is 25.6 Å². The van der Waals surface area contributed by atoms with Gasteiger partial charge in [0.05, 0.1) is 5.75 Å². The van der Waals surface area contributed by atoms with E-state index in [0.29, 0.717) is 0 Å². The van der Waals surface area contributed by atoms with Crippen LogP contribution in [0.2, 0.25) is 0 Å². The lowest BCUT2D eigenvalue weighted by Crippen LogP contribution is -2.39. The van der Waals surface area contributed by atoms with E-state index < -0.39 is 15.1 Å². The lowest BCUT2D eigenvalue weighted by molar-refractivity contribution is -0.120. The number of aryl methyl sites for hydroxylation is 1. The average molecular weight is 281 g/mol. The smallest absolute Gasteiger partial charge is 0.238 e. The molecule has 19 heavy (non-hydrogen) atoms. The van der Waals surface area contributed by atoms with Crippen LogP contribution in [0.1, 0.15) is 30.9 Å². The largest absolute Gasteiger partial charge is 0.352 e. The minimum Gasteiger partial charge on any atom is -0.352 e. The highest BCUT2D eigenvalue weighted by atomic mass is 32.2. The molecule has 1 saturated carbocycles. The summed E-state index contributed by atoms with van der Waals surface area (Å²) in [5, 5.41) is 1.75. The van der Waals surface area contributed by atoms with Crippen molar-refractivity contribution in [3.8, 4) is 0 Å². The molecule has 0 radical (unpaired) electrons. The highest BCUT2D eigenvalue weighted by molar-refractivity contribution is 7.92. The zero-order valence-corrected chi connectivity index (χ0v) is 12.0. The predicted octanol–water partition coefficient (Wildman–Crippen LogP) is 1.58. The molecule has 2 rings (SSSR count). The van der Waals surface area contributed by atoms with Gasteiger partial charge in [0.2, 0.25) is 5.91 Å². The molecule has 1 amide bonds. The molecule has 1 fully saturated rings. The number of carbonyl (C=O) groups excluding carboxylic acids is 1. The Morgan fingerprint density at radius 2 is 2.00 bits per heavy atom. The topological polar surface area (TPSA) is 63.2 Å². The van der Waals surface area contributed by atoms with E-state index in [-0.39, 0.29) is 17.7 Å². The van der Waals surface area contributed by atoms with Crippen LogP contribution in [0.5, 0.6) is 0 Å². The fourth-order valence-corrected chi connectivity index (χ4v) is 3.22. The summed E-state index contributed by atoms with van der Waals surface area (Å²) in [4.78, 5) is 11.8. The normalized spacial score (nSPS) is 16.9. The molecule has 0 heterocycles. The SMILES string of the molecule is Cc1ccccc1CS(=O)(=O)C(C)C(=O)NC1CC1. The molecule has 1 aromatic rings. The number of rotatable bonds is 5. The van der Waals surface area contributed by atoms with Crippen LogP contribution < -0.4 is 5.32 Å². The molecular formula is C14H19NO3S. The summed E-state index contributed by atoms with van der Waals surface area (Å²) in [6.45, 7) is 3.34. The van der Waals surface area contributed by atoms with E-state index in [4.69, 9.17) is 0 Å². The molecule has 1 atom stereocenters. The molecule has 0 spiro atoms. The van der Waals surface area contributed by atoms with E-state index in [1.165, 1.54) is 6.92 Å². The molecule has 0 aliphatic heterocycles. The first-order valence-corrected chi connectivity index (χ1v) is 8.18. The molecule has 0 saturated heterocycles. The number of nitrogens with one attached hydrogen (secondary N) is 1. The van der Waals surface area contributed by atoms with E-state index in [1.807, 2.05) is 25.1 Å². The minimum absolute atomic E-state index is 0.0844. The van der Waals surface area contributed by atoms with E-state index in [2.05, 4.69) is 5.32 Å². The monoisotopic (exact) mass is 281 g/mol. The fraction of sp³-hybridized carbons (Fsp3) is 0.500. The van der Waals surface area contributed by atoms with Gasteiger partial charge in [0.15, 0.2) is 9.84 Å². The van der Waals surface area contributed by atoms with Crippen molar-refractivity contribution in [2.75, 3.05) is 0 Å². The number of benzene rings is 1. The van der Waals surface area contributed by atoms with E-state index in [1.54, 1.807) is 6.07 Å². The Morgan fingerprint density at radius 3 is 2.58 bits per heavy atom. The van der Waals surface area contributed by atoms with Gasteiger partial charge in [-0.3, -0.25) is 4.79 Å². The highest BCUT2D eigenvalue weighted by Crippen LogP contribution is 2.20. The third-order valence-electron chi connectivity index (χ3n) is 3.45. The quantitative estimate of drug-likeness (QED) is 0.891. The third-order valence-corrected chi connectivity index (χ3v) is 5.45. The van der Waals surface area contributed by atoms with Crippen LogP contribution >= 0.6 is 0 Å². The van der Waals surface area contributed by atoms with Crippen molar-refractivity contribution < 1.29 is 13.2 Å². The summed E-state index contributed by atoms with van der Waals surface area (Å²) in [6, 6.07) is 7.53. The molecule has 1 aromatic carbocycles. The third kappa shape index (κ3) is 3.56. The van der Waals surface area contributed by atoms with Gasteiger partial charge in [0.1, 0.15) is 5.25 Å². The Morgan fingerprint density at radius 1 is 1.37 bits per heavy atom. The molecule has 4 nitrogen and oxygen atoms in total. The lowest BCUT2D eigenvalue weighted by atomic mass is 10.1. The van der Waals surface area contributed by atoms with Crippen molar-refractivity contribution in [1.29, 1.82) is 0 Å². The maximum atomic E-state index is 12.2. The first-order valence-electron chi connectivity index (χ1n) is 6.46. The lowest BCUT2D eigenvalue weighted by Gasteiger charge is -2.14. The molecule has 0 aromatic heterocycles. The van der Waals surface area contributed by atoms with Gasteiger partial charge >= 0.3 is 0 Å². The van der Waals surface area contributed by atoms with Gasteiger partial charge < -0.3 is 5.32 Å². The van der Waals surface area contributed by atoms with Crippen LogP contribution in [0, 0.1) is 6.92 Å². The maximum Gasteiger partial charge on any atom is 0.238 e. The van der Waals surface area contributed by atoms with Gasteiger partial charge in [0, 0.05) is 6.04 Å². The van der Waals surface area contributed by atoms with Crippen LogP contribution in [0.3, 0.4) is 0 Å². The van der Waals surface area contributed by atoms with Crippen LogP contribution in [0.25, 0.3) is 0 Å². The van der Waals surface area contributed by atoms with Gasteiger partial charge in [-0.1, -0.05) is 24.3 Å². The van der Waals surface area contributed by atoms with Gasteiger partial charge in [0.25, 0.3) is 0 Å². The maximum absolute atomic E-state index is 12.2. The summed E-state index contributed by atoms with van der Waals surface area (Å²) in [5.74, 6) is -0.463. The van der Waals surface area contributed by atoms with Gasteiger partial charge in [-0.25, -0.2) is 8.42 Å². The molecule has 1 aliphatic carbocycles. The zero-order chi connectivity index (χ0) is 14.0. The summed E-state index contributed by atoms with van der Waals surface area (Å²) in [5.41, 5.74) is 1.69. The van der Waals surface area contributed by atoms with Crippen LogP contribution in [0.15, 0.2) is 24.3 Å². The Labute approximate surface area is 114 Å². The standard InChI is InChI=1S/C14H19NO3S/c1-10-5-3-4-6-12(10)9-19(17,18)11(2)14(16)15-13-7-8-13/h3-6,11,13H,7-9H2,1-2H3,(H,15,16). The van der Waals surface area contributed by atoms with Crippen molar-refractivity contribution in [2.24, 2.45) is 0 Å².